The predicted octanol–water partition coefficient (Wildman–Crippen LogP) is 2.43. The van der Waals surface area contributed by atoms with Crippen LogP contribution in [-0.4, -0.2) is 39.0 Å². The molecule has 21 heavy (non-hydrogen) atoms. The number of piperidine rings is 1. The topological polar surface area (TPSA) is 46.6 Å². The Morgan fingerprint density at radius 3 is 2.48 bits per heavy atom. The number of sulfonamides is 1. The summed E-state index contributed by atoms with van der Waals surface area (Å²) in [7, 11) is -3.52. The van der Waals surface area contributed by atoms with Gasteiger partial charge in [0.2, 0.25) is 10.0 Å². The summed E-state index contributed by atoms with van der Waals surface area (Å²) in [5.74, 6) is -0.0587. The van der Waals surface area contributed by atoms with Gasteiger partial charge in [0.1, 0.15) is 5.82 Å². The highest BCUT2D eigenvalue weighted by Crippen LogP contribution is 2.24. The molecule has 1 heterocycles. The molecule has 1 fully saturated rings. The van der Waals surface area contributed by atoms with E-state index in [9.17, 15) is 12.8 Å². The smallest absolute Gasteiger partial charge is 0.243 e. The van der Waals surface area contributed by atoms with Crippen molar-refractivity contribution >= 4 is 10.0 Å². The highest BCUT2D eigenvalue weighted by molar-refractivity contribution is 7.89. The highest BCUT2D eigenvalue weighted by atomic mass is 32.2. The van der Waals surface area contributed by atoms with Crippen LogP contribution in [0.2, 0.25) is 0 Å². The van der Waals surface area contributed by atoms with Gasteiger partial charge in [-0.2, -0.15) is 4.31 Å². The number of ether oxygens (including phenoxy) is 1. The molecule has 0 bridgehead atoms. The molecule has 1 aromatic rings. The van der Waals surface area contributed by atoms with Crippen molar-refractivity contribution in [2.24, 2.45) is 5.92 Å². The maximum absolute atomic E-state index is 12.9. The van der Waals surface area contributed by atoms with Crippen LogP contribution in [0.25, 0.3) is 0 Å². The lowest BCUT2D eigenvalue weighted by atomic mass is 9.99. The van der Waals surface area contributed by atoms with Crippen LogP contribution in [-0.2, 0) is 14.8 Å². The quantitative estimate of drug-likeness (QED) is 0.598. The first kappa shape index (κ1) is 16.1. The summed E-state index contributed by atoms with van der Waals surface area (Å²) in [6.07, 6.45) is 3.25. The molecule has 1 aliphatic rings. The number of benzene rings is 1. The Bertz CT molecular complexity index is 563. The van der Waals surface area contributed by atoms with Gasteiger partial charge in [-0.15, -0.1) is 6.58 Å². The summed E-state index contributed by atoms with van der Waals surface area (Å²) in [4.78, 5) is 0.144. The monoisotopic (exact) mass is 313 g/mol. The third-order valence-corrected chi connectivity index (χ3v) is 5.53. The molecule has 0 spiro atoms. The van der Waals surface area contributed by atoms with E-state index in [0.29, 0.717) is 32.2 Å². The normalized spacial score (nSPS) is 17.8. The molecule has 1 saturated heterocycles. The minimum absolute atomic E-state index is 0.144. The average molecular weight is 313 g/mol. The maximum atomic E-state index is 12.9. The number of hydrogen-bond acceptors (Lipinski definition) is 3. The zero-order valence-corrected chi connectivity index (χ0v) is 12.7. The molecule has 0 saturated carbocycles. The second kappa shape index (κ2) is 7.15. The van der Waals surface area contributed by atoms with E-state index >= 15 is 0 Å². The first-order valence-electron chi connectivity index (χ1n) is 6.98. The zero-order valence-electron chi connectivity index (χ0n) is 11.9. The number of nitrogens with zero attached hydrogens (tertiary/aromatic N) is 1. The van der Waals surface area contributed by atoms with Gasteiger partial charge >= 0.3 is 0 Å². The van der Waals surface area contributed by atoms with E-state index < -0.39 is 15.8 Å². The summed E-state index contributed by atoms with van der Waals surface area (Å²) >= 11 is 0. The van der Waals surface area contributed by atoms with Gasteiger partial charge in [0.15, 0.2) is 0 Å². The minimum atomic E-state index is -3.52. The van der Waals surface area contributed by atoms with E-state index in [4.69, 9.17) is 4.74 Å². The van der Waals surface area contributed by atoms with Crippen LogP contribution in [0.5, 0.6) is 0 Å². The van der Waals surface area contributed by atoms with Crippen molar-refractivity contribution in [3.8, 4) is 0 Å². The van der Waals surface area contributed by atoms with Gasteiger partial charge in [-0.1, -0.05) is 6.08 Å². The van der Waals surface area contributed by atoms with Gasteiger partial charge in [0.25, 0.3) is 0 Å². The lowest BCUT2D eigenvalue weighted by Crippen LogP contribution is -2.39. The molecule has 116 valence electrons. The van der Waals surface area contributed by atoms with Gasteiger partial charge in [0, 0.05) is 19.7 Å². The summed E-state index contributed by atoms with van der Waals surface area (Å²) < 4.78 is 44.6. The van der Waals surface area contributed by atoms with Crippen LogP contribution in [0.1, 0.15) is 12.8 Å². The standard InChI is InChI=1S/C15H20FNO3S/c1-2-11-20-12-13-7-9-17(10-8-13)21(18,19)15-5-3-14(16)4-6-15/h2-6,13H,1,7-12H2. The molecule has 0 N–H and O–H groups in total. The summed E-state index contributed by atoms with van der Waals surface area (Å²) in [6, 6.07) is 4.96. The molecule has 0 radical (unpaired) electrons. The Kier molecular flexibility index (Phi) is 5.50. The maximum Gasteiger partial charge on any atom is 0.243 e. The van der Waals surface area contributed by atoms with Crippen LogP contribution < -0.4 is 0 Å². The van der Waals surface area contributed by atoms with Crippen molar-refractivity contribution in [2.75, 3.05) is 26.3 Å². The second-order valence-corrected chi connectivity index (χ2v) is 7.07. The van der Waals surface area contributed by atoms with Crippen molar-refractivity contribution in [3.05, 3.63) is 42.7 Å². The molecule has 6 heteroatoms. The largest absolute Gasteiger partial charge is 0.377 e. The Balaban J connectivity index is 1.94. The number of halogens is 1. The van der Waals surface area contributed by atoms with Crippen molar-refractivity contribution in [3.63, 3.8) is 0 Å². The third kappa shape index (κ3) is 4.12. The summed E-state index contributed by atoms with van der Waals surface area (Å²) in [5, 5.41) is 0. The van der Waals surface area contributed by atoms with Crippen molar-refractivity contribution < 1.29 is 17.5 Å². The van der Waals surface area contributed by atoms with Crippen LogP contribution in [0.4, 0.5) is 4.39 Å². The first-order chi connectivity index (χ1) is 10.0. The summed E-state index contributed by atoms with van der Waals surface area (Å²) in [6.45, 7) is 5.69. The highest BCUT2D eigenvalue weighted by Gasteiger charge is 2.29. The van der Waals surface area contributed by atoms with Gasteiger partial charge < -0.3 is 4.74 Å². The molecule has 0 amide bonds. The van der Waals surface area contributed by atoms with Crippen molar-refractivity contribution in [1.29, 1.82) is 0 Å². The lowest BCUT2D eigenvalue weighted by molar-refractivity contribution is 0.0982. The molecule has 1 aliphatic heterocycles. The Morgan fingerprint density at radius 2 is 1.90 bits per heavy atom. The van der Waals surface area contributed by atoms with Crippen LogP contribution in [0, 0.1) is 11.7 Å². The molecule has 0 aliphatic carbocycles. The molecule has 0 unspecified atom stereocenters. The Morgan fingerprint density at radius 1 is 1.29 bits per heavy atom. The van der Waals surface area contributed by atoms with Crippen LogP contribution in [0.3, 0.4) is 0 Å². The van der Waals surface area contributed by atoms with Gasteiger partial charge in [-0.3, -0.25) is 0 Å². The van der Waals surface area contributed by atoms with E-state index in [1.165, 1.54) is 28.6 Å². The van der Waals surface area contributed by atoms with Gasteiger partial charge in [0.05, 0.1) is 11.5 Å². The van der Waals surface area contributed by atoms with E-state index in [1.54, 1.807) is 6.08 Å². The summed E-state index contributed by atoms with van der Waals surface area (Å²) in [5.41, 5.74) is 0. The molecule has 4 nitrogen and oxygen atoms in total. The Labute approximate surface area is 125 Å². The van der Waals surface area contributed by atoms with E-state index in [-0.39, 0.29) is 4.90 Å². The van der Waals surface area contributed by atoms with Crippen LogP contribution in [0.15, 0.2) is 41.8 Å². The molecular formula is C15H20FNO3S. The van der Waals surface area contributed by atoms with Crippen molar-refractivity contribution in [1.82, 2.24) is 4.31 Å². The average Bonchev–Trinajstić information content (AvgIpc) is 2.48. The SMILES string of the molecule is C=CCOCC1CCN(S(=O)(=O)c2ccc(F)cc2)CC1. The fraction of sp³-hybridized carbons (Fsp3) is 0.467. The fourth-order valence-electron chi connectivity index (χ4n) is 2.39. The fourth-order valence-corrected chi connectivity index (χ4v) is 3.86. The number of rotatable bonds is 6. The third-order valence-electron chi connectivity index (χ3n) is 3.61. The second-order valence-electron chi connectivity index (χ2n) is 5.13. The van der Waals surface area contributed by atoms with E-state index in [2.05, 4.69) is 6.58 Å². The van der Waals surface area contributed by atoms with E-state index in [0.717, 1.165) is 12.8 Å². The van der Waals surface area contributed by atoms with Crippen molar-refractivity contribution in [2.45, 2.75) is 17.7 Å². The van der Waals surface area contributed by atoms with Gasteiger partial charge in [-0.05, 0) is 43.0 Å². The van der Waals surface area contributed by atoms with Gasteiger partial charge in [-0.25, -0.2) is 12.8 Å². The molecule has 1 aromatic carbocycles. The molecule has 0 atom stereocenters. The number of hydrogen-bond donors (Lipinski definition) is 0. The first-order valence-corrected chi connectivity index (χ1v) is 8.42. The molecule has 0 aromatic heterocycles. The van der Waals surface area contributed by atoms with Crippen LogP contribution >= 0.6 is 0 Å². The molecular weight excluding hydrogens is 293 g/mol. The Hall–Kier alpha value is -1.24. The molecule has 2 rings (SSSR count). The predicted molar refractivity (Wildman–Crippen MR) is 78.9 cm³/mol. The minimum Gasteiger partial charge on any atom is -0.377 e. The van der Waals surface area contributed by atoms with E-state index in [1.807, 2.05) is 0 Å². The zero-order chi connectivity index (χ0) is 15.3. The lowest BCUT2D eigenvalue weighted by Gasteiger charge is -2.31.